The Labute approximate surface area is 68.0 Å². The van der Waals surface area contributed by atoms with Crippen molar-refractivity contribution in [3.05, 3.63) is 22.2 Å². The molecule has 0 fully saturated rings. The molecule has 66 valence electrons. The zero-order valence-corrected chi connectivity index (χ0v) is 6.75. The smallest absolute Gasteiger partial charge is 0.357 e. The van der Waals surface area contributed by atoms with Gasteiger partial charge in [0.1, 0.15) is 5.41 Å². The number of carbonyl (C=O) groups is 1. The van der Waals surface area contributed by atoms with Gasteiger partial charge < -0.3 is 9.63 Å². The van der Waals surface area contributed by atoms with E-state index in [1.54, 1.807) is 0 Å². The largest absolute Gasteiger partial charge is 0.481 e. The first-order chi connectivity index (χ1) is 5.44. The zero-order valence-electron chi connectivity index (χ0n) is 6.75. The second-order valence-electron chi connectivity index (χ2n) is 3.01. The van der Waals surface area contributed by atoms with Crippen LogP contribution in [0.3, 0.4) is 0 Å². The quantitative estimate of drug-likeness (QED) is 0.671. The molecule has 0 spiro atoms. The number of hydrogen-bond acceptors (Lipinski definition) is 3. The molecule has 1 aromatic heterocycles. The highest BCUT2D eigenvalue weighted by molar-refractivity contribution is 5.79. The van der Waals surface area contributed by atoms with Crippen LogP contribution >= 0.6 is 0 Å². The van der Waals surface area contributed by atoms with E-state index in [1.165, 1.54) is 13.8 Å². The van der Waals surface area contributed by atoms with E-state index in [0.29, 0.717) is 0 Å². The number of H-pyrrole nitrogens is 1. The fourth-order valence-corrected chi connectivity index (χ4v) is 0.705. The number of aromatic nitrogens is 1. The normalized spacial score (nSPS) is 11.5. The first-order valence-electron chi connectivity index (χ1n) is 3.37. The summed E-state index contributed by atoms with van der Waals surface area (Å²) in [7, 11) is 0. The van der Waals surface area contributed by atoms with E-state index in [9.17, 15) is 9.59 Å². The second-order valence-corrected chi connectivity index (χ2v) is 3.01. The molecule has 0 aliphatic carbocycles. The number of carboxylic acid groups (broad SMARTS) is 1. The average molecular weight is 171 g/mol. The summed E-state index contributed by atoms with van der Waals surface area (Å²) in [6.45, 7) is 2.96. The lowest BCUT2D eigenvalue weighted by molar-refractivity contribution is -0.142. The van der Waals surface area contributed by atoms with Crippen LogP contribution < -0.4 is 5.63 Å². The van der Waals surface area contributed by atoms with Gasteiger partial charge in [0.05, 0.1) is 5.69 Å². The topological polar surface area (TPSA) is 83.3 Å². The number of hydrogen-bond donors (Lipinski definition) is 2. The highest BCUT2D eigenvalue weighted by atomic mass is 16.5. The summed E-state index contributed by atoms with van der Waals surface area (Å²) in [5, 5.41) is 11.0. The van der Waals surface area contributed by atoms with Crippen molar-refractivity contribution in [2.45, 2.75) is 19.3 Å². The molecular formula is C7H9NO4. The Morgan fingerprint density at radius 1 is 1.67 bits per heavy atom. The van der Waals surface area contributed by atoms with Gasteiger partial charge in [0.2, 0.25) is 0 Å². The molecule has 0 aliphatic rings. The SMILES string of the molecule is CC(C)(C(=O)O)c1cc(=O)o[nH]1. The molecule has 0 saturated heterocycles. The first-order valence-corrected chi connectivity index (χ1v) is 3.37. The molecule has 5 nitrogen and oxygen atoms in total. The van der Waals surface area contributed by atoms with Gasteiger partial charge in [-0.1, -0.05) is 0 Å². The van der Waals surface area contributed by atoms with Crippen LogP contribution in [-0.2, 0) is 10.2 Å². The Bertz CT molecular complexity index is 346. The average Bonchev–Trinajstić information content (AvgIpc) is 2.35. The Morgan fingerprint density at radius 2 is 2.25 bits per heavy atom. The summed E-state index contributed by atoms with van der Waals surface area (Å²) in [4.78, 5) is 21.2. The monoisotopic (exact) mass is 171 g/mol. The number of nitrogens with one attached hydrogen (secondary N) is 1. The number of rotatable bonds is 2. The molecule has 0 amide bonds. The predicted molar refractivity (Wildman–Crippen MR) is 40.0 cm³/mol. The zero-order chi connectivity index (χ0) is 9.35. The van der Waals surface area contributed by atoms with Gasteiger partial charge in [0.25, 0.3) is 0 Å². The summed E-state index contributed by atoms with van der Waals surface area (Å²) in [5.74, 6) is -1.01. The van der Waals surface area contributed by atoms with Crippen LogP contribution in [-0.4, -0.2) is 16.2 Å². The standard InChI is InChI=1S/C7H9NO4/c1-7(2,6(10)11)4-3-5(9)12-8-4/h3,8H,1-2H3,(H,10,11). The number of aliphatic carboxylic acids is 1. The Kier molecular flexibility index (Phi) is 1.79. The maximum Gasteiger partial charge on any atom is 0.357 e. The van der Waals surface area contributed by atoms with E-state index in [0.717, 1.165) is 6.07 Å². The summed E-state index contributed by atoms with van der Waals surface area (Å²) >= 11 is 0. The van der Waals surface area contributed by atoms with Crippen LogP contribution in [0.2, 0.25) is 0 Å². The minimum Gasteiger partial charge on any atom is -0.481 e. The first kappa shape index (κ1) is 8.58. The van der Waals surface area contributed by atoms with E-state index in [1.807, 2.05) is 0 Å². The third kappa shape index (κ3) is 1.25. The van der Waals surface area contributed by atoms with Crippen LogP contribution in [0.25, 0.3) is 0 Å². The molecule has 0 aromatic carbocycles. The van der Waals surface area contributed by atoms with E-state index < -0.39 is 17.0 Å². The molecule has 0 aliphatic heterocycles. The summed E-state index contributed by atoms with van der Waals surface area (Å²) < 4.78 is 4.36. The Morgan fingerprint density at radius 3 is 2.58 bits per heavy atom. The van der Waals surface area contributed by atoms with Gasteiger partial charge in [0, 0.05) is 6.07 Å². The van der Waals surface area contributed by atoms with Crippen LogP contribution in [0.1, 0.15) is 19.5 Å². The lowest BCUT2D eigenvalue weighted by Gasteiger charge is -2.15. The molecule has 5 heteroatoms. The van der Waals surface area contributed by atoms with Crippen LogP contribution in [0.5, 0.6) is 0 Å². The Balaban J connectivity index is 3.13. The molecule has 12 heavy (non-hydrogen) atoms. The van der Waals surface area contributed by atoms with E-state index in [-0.39, 0.29) is 5.69 Å². The van der Waals surface area contributed by atoms with Gasteiger partial charge >= 0.3 is 11.6 Å². The highest BCUT2D eigenvalue weighted by Crippen LogP contribution is 2.19. The van der Waals surface area contributed by atoms with Crippen LogP contribution in [0.4, 0.5) is 0 Å². The van der Waals surface area contributed by atoms with Crippen molar-refractivity contribution in [2.24, 2.45) is 0 Å². The van der Waals surface area contributed by atoms with Gasteiger partial charge in [0.15, 0.2) is 0 Å². The summed E-state index contributed by atoms with van der Waals surface area (Å²) in [6.07, 6.45) is 0. The molecule has 0 atom stereocenters. The Hall–Kier alpha value is -1.52. The lowest BCUT2D eigenvalue weighted by atomic mass is 9.90. The third-order valence-corrected chi connectivity index (χ3v) is 1.73. The number of carboxylic acids is 1. The molecule has 2 N–H and O–H groups in total. The van der Waals surface area contributed by atoms with E-state index in [4.69, 9.17) is 5.11 Å². The minimum absolute atomic E-state index is 0.264. The molecule has 0 radical (unpaired) electrons. The van der Waals surface area contributed by atoms with Gasteiger partial charge in [-0.2, -0.15) is 0 Å². The molecule has 0 bridgehead atoms. The highest BCUT2D eigenvalue weighted by Gasteiger charge is 2.31. The third-order valence-electron chi connectivity index (χ3n) is 1.73. The van der Waals surface area contributed by atoms with Gasteiger partial charge in [-0.3, -0.25) is 4.79 Å². The van der Waals surface area contributed by atoms with Crippen molar-refractivity contribution in [2.75, 3.05) is 0 Å². The van der Waals surface area contributed by atoms with Gasteiger partial charge in [-0.25, -0.2) is 9.95 Å². The molecule has 1 aromatic rings. The van der Waals surface area contributed by atoms with E-state index in [2.05, 4.69) is 9.68 Å². The number of aromatic amines is 1. The lowest BCUT2D eigenvalue weighted by Crippen LogP contribution is -2.28. The van der Waals surface area contributed by atoms with Crippen molar-refractivity contribution in [3.63, 3.8) is 0 Å². The van der Waals surface area contributed by atoms with Gasteiger partial charge in [-0.05, 0) is 13.8 Å². The maximum atomic E-state index is 10.7. The molecule has 1 heterocycles. The van der Waals surface area contributed by atoms with Crippen molar-refractivity contribution in [1.82, 2.24) is 5.16 Å². The molecule has 0 unspecified atom stereocenters. The summed E-state index contributed by atoms with van der Waals surface area (Å²) in [6, 6.07) is 1.13. The van der Waals surface area contributed by atoms with Crippen molar-refractivity contribution in [3.8, 4) is 0 Å². The predicted octanol–water partition coefficient (Wildman–Crippen LogP) is 0.330. The second kappa shape index (κ2) is 2.51. The fourth-order valence-electron chi connectivity index (χ4n) is 0.705. The van der Waals surface area contributed by atoms with Crippen molar-refractivity contribution >= 4 is 5.97 Å². The van der Waals surface area contributed by atoms with Gasteiger partial charge in [-0.15, -0.1) is 0 Å². The van der Waals surface area contributed by atoms with E-state index >= 15 is 0 Å². The van der Waals surface area contributed by atoms with Crippen molar-refractivity contribution < 1.29 is 14.4 Å². The summed E-state index contributed by atoms with van der Waals surface area (Å²) in [5.41, 5.74) is -1.43. The van der Waals surface area contributed by atoms with Crippen molar-refractivity contribution in [1.29, 1.82) is 0 Å². The maximum absolute atomic E-state index is 10.7. The minimum atomic E-state index is -1.12. The molecule has 0 saturated carbocycles. The molecular weight excluding hydrogens is 162 g/mol. The molecule has 1 rings (SSSR count). The fraction of sp³-hybridized carbons (Fsp3) is 0.429. The van der Waals surface area contributed by atoms with Crippen LogP contribution in [0.15, 0.2) is 15.4 Å². The van der Waals surface area contributed by atoms with Crippen LogP contribution in [0, 0.1) is 0 Å².